The van der Waals surface area contributed by atoms with Gasteiger partial charge in [0.2, 0.25) is 5.78 Å². The third-order valence-electron chi connectivity index (χ3n) is 2.59. The van der Waals surface area contributed by atoms with Gasteiger partial charge in [0.05, 0.1) is 6.10 Å². The second kappa shape index (κ2) is 4.37. The van der Waals surface area contributed by atoms with Crippen molar-refractivity contribution < 1.29 is 19.4 Å². The van der Waals surface area contributed by atoms with E-state index < -0.39 is 11.8 Å². The molecule has 1 fully saturated rings. The zero-order valence-electron chi connectivity index (χ0n) is 7.66. The van der Waals surface area contributed by atoms with E-state index in [0.717, 1.165) is 12.8 Å². The lowest BCUT2D eigenvalue weighted by atomic mass is 9.84. The minimum Gasteiger partial charge on any atom is -0.475 e. The van der Waals surface area contributed by atoms with Gasteiger partial charge in [-0.1, -0.05) is 0 Å². The first-order chi connectivity index (χ1) is 6.15. The minimum absolute atomic E-state index is 0.206. The molecule has 4 heteroatoms. The molecule has 0 aliphatic heterocycles. The van der Waals surface area contributed by atoms with E-state index in [0.29, 0.717) is 12.8 Å². The van der Waals surface area contributed by atoms with Crippen LogP contribution in [0.4, 0.5) is 0 Å². The Balaban J connectivity index is 2.41. The molecule has 0 atom stereocenters. The van der Waals surface area contributed by atoms with Gasteiger partial charge in [0, 0.05) is 13.0 Å². The Labute approximate surface area is 76.9 Å². The van der Waals surface area contributed by atoms with Crippen LogP contribution in [-0.2, 0) is 14.3 Å². The lowest BCUT2D eigenvalue weighted by molar-refractivity contribution is -0.151. The smallest absolute Gasteiger partial charge is 0.372 e. The second-order valence-corrected chi connectivity index (χ2v) is 3.38. The Hall–Kier alpha value is -0.900. The Kier molecular flexibility index (Phi) is 3.42. The molecular weight excluding hydrogens is 172 g/mol. The summed E-state index contributed by atoms with van der Waals surface area (Å²) in [5.41, 5.74) is 0. The van der Waals surface area contributed by atoms with Gasteiger partial charge in [-0.2, -0.15) is 0 Å². The maximum absolute atomic E-state index is 11.1. The second-order valence-electron chi connectivity index (χ2n) is 3.38. The lowest BCUT2D eigenvalue weighted by Gasteiger charge is -2.25. The van der Waals surface area contributed by atoms with Gasteiger partial charge >= 0.3 is 5.97 Å². The first kappa shape index (κ1) is 10.2. The van der Waals surface area contributed by atoms with Crippen LogP contribution in [0.3, 0.4) is 0 Å². The number of carbonyl (C=O) groups is 2. The topological polar surface area (TPSA) is 63.6 Å². The highest BCUT2D eigenvalue weighted by Gasteiger charge is 2.29. The van der Waals surface area contributed by atoms with Crippen LogP contribution in [0, 0.1) is 5.92 Å². The van der Waals surface area contributed by atoms with E-state index in [1.165, 1.54) is 0 Å². The van der Waals surface area contributed by atoms with Crippen LogP contribution >= 0.6 is 0 Å². The average molecular weight is 186 g/mol. The third kappa shape index (κ3) is 2.52. The number of hydrogen-bond donors (Lipinski definition) is 1. The Morgan fingerprint density at radius 2 is 1.77 bits per heavy atom. The number of hydrogen-bond acceptors (Lipinski definition) is 3. The maximum Gasteiger partial charge on any atom is 0.372 e. The standard InChI is InChI=1S/C9H14O4/c1-13-7-4-2-6(3-5-7)8(10)9(11)12/h6-7H,2-5H2,1H3,(H,11,12). The zero-order chi connectivity index (χ0) is 9.84. The van der Waals surface area contributed by atoms with E-state index in [-0.39, 0.29) is 12.0 Å². The van der Waals surface area contributed by atoms with Gasteiger partial charge < -0.3 is 9.84 Å². The molecule has 0 radical (unpaired) electrons. The van der Waals surface area contributed by atoms with Crippen molar-refractivity contribution in [2.45, 2.75) is 31.8 Å². The Morgan fingerprint density at radius 1 is 1.23 bits per heavy atom. The van der Waals surface area contributed by atoms with Crippen molar-refractivity contribution in [3.8, 4) is 0 Å². The number of methoxy groups -OCH3 is 1. The summed E-state index contributed by atoms with van der Waals surface area (Å²) in [7, 11) is 1.64. The van der Waals surface area contributed by atoms with E-state index in [2.05, 4.69) is 0 Å². The Bertz CT molecular complexity index is 204. The van der Waals surface area contributed by atoms with Crippen LogP contribution in [0.5, 0.6) is 0 Å². The summed E-state index contributed by atoms with van der Waals surface area (Å²) in [6.45, 7) is 0. The summed E-state index contributed by atoms with van der Waals surface area (Å²) >= 11 is 0. The number of carboxylic acids is 1. The molecule has 4 nitrogen and oxygen atoms in total. The zero-order valence-corrected chi connectivity index (χ0v) is 7.66. The molecule has 0 bridgehead atoms. The van der Waals surface area contributed by atoms with Gasteiger partial charge in [-0.15, -0.1) is 0 Å². The molecule has 1 aliphatic carbocycles. The molecule has 0 saturated heterocycles. The summed E-state index contributed by atoms with van der Waals surface area (Å²) in [4.78, 5) is 21.4. The third-order valence-corrected chi connectivity index (χ3v) is 2.59. The largest absolute Gasteiger partial charge is 0.475 e. The summed E-state index contributed by atoms with van der Waals surface area (Å²) in [6, 6.07) is 0. The predicted octanol–water partition coefficient (Wildman–Crippen LogP) is 0.845. The molecule has 0 aromatic carbocycles. The quantitative estimate of drug-likeness (QED) is 0.663. The van der Waals surface area contributed by atoms with Crippen molar-refractivity contribution in [3.05, 3.63) is 0 Å². The molecule has 74 valence electrons. The summed E-state index contributed by atoms with van der Waals surface area (Å²) in [5, 5.41) is 8.48. The first-order valence-electron chi connectivity index (χ1n) is 4.45. The molecule has 0 amide bonds. The highest BCUT2D eigenvalue weighted by atomic mass is 16.5. The molecule has 0 aromatic heterocycles. The fraction of sp³-hybridized carbons (Fsp3) is 0.778. The molecule has 0 heterocycles. The summed E-state index contributed by atoms with van der Waals surface area (Å²) in [5.74, 6) is -2.24. The number of rotatable bonds is 3. The summed E-state index contributed by atoms with van der Waals surface area (Å²) < 4.78 is 5.12. The van der Waals surface area contributed by atoms with Crippen molar-refractivity contribution in [3.63, 3.8) is 0 Å². The highest BCUT2D eigenvalue weighted by Crippen LogP contribution is 2.26. The maximum atomic E-state index is 11.1. The normalized spacial score (nSPS) is 28.4. The van der Waals surface area contributed by atoms with E-state index in [4.69, 9.17) is 9.84 Å². The lowest BCUT2D eigenvalue weighted by Crippen LogP contribution is -2.29. The van der Waals surface area contributed by atoms with Gasteiger partial charge in [0.1, 0.15) is 0 Å². The number of Topliss-reactive ketones (excluding diaryl/α,β-unsaturated/α-hetero) is 1. The number of ether oxygens (including phenoxy) is 1. The Morgan fingerprint density at radius 3 is 2.15 bits per heavy atom. The molecule has 1 rings (SSSR count). The molecule has 1 saturated carbocycles. The van der Waals surface area contributed by atoms with E-state index in [1.54, 1.807) is 7.11 Å². The molecule has 1 aliphatic rings. The molecular formula is C9H14O4. The molecule has 0 spiro atoms. The van der Waals surface area contributed by atoms with Gasteiger partial charge in [0.25, 0.3) is 0 Å². The van der Waals surface area contributed by atoms with Gasteiger partial charge in [-0.3, -0.25) is 4.79 Å². The number of ketones is 1. The number of carboxylic acid groups (broad SMARTS) is 1. The average Bonchev–Trinajstić information content (AvgIpc) is 2.17. The van der Waals surface area contributed by atoms with Crippen LogP contribution < -0.4 is 0 Å². The summed E-state index contributed by atoms with van der Waals surface area (Å²) in [6.07, 6.45) is 3.08. The fourth-order valence-electron chi connectivity index (χ4n) is 1.74. The highest BCUT2D eigenvalue weighted by molar-refractivity contribution is 6.33. The van der Waals surface area contributed by atoms with E-state index in [9.17, 15) is 9.59 Å². The van der Waals surface area contributed by atoms with Crippen molar-refractivity contribution in [2.24, 2.45) is 5.92 Å². The minimum atomic E-state index is -1.30. The van der Waals surface area contributed by atoms with Crippen molar-refractivity contribution in [1.29, 1.82) is 0 Å². The SMILES string of the molecule is COC1CCC(C(=O)C(=O)O)CC1. The van der Waals surface area contributed by atoms with Crippen molar-refractivity contribution in [1.82, 2.24) is 0 Å². The fourth-order valence-corrected chi connectivity index (χ4v) is 1.74. The predicted molar refractivity (Wildman–Crippen MR) is 45.4 cm³/mol. The van der Waals surface area contributed by atoms with E-state index >= 15 is 0 Å². The van der Waals surface area contributed by atoms with Crippen LogP contribution in [0.2, 0.25) is 0 Å². The van der Waals surface area contributed by atoms with Gasteiger partial charge in [0.15, 0.2) is 0 Å². The first-order valence-corrected chi connectivity index (χ1v) is 4.45. The van der Waals surface area contributed by atoms with Crippen LogP contribution in [0.15, 0.2) is 0 Å². The van der Waals surface area contributed by atoms with Crippen LogP contribution in [0.1, 0.15) is 25.7 Å². The molecule has 0 unspecified atom stereocenters. The molecule has 13 heavy (non-hydrogen) atoms. The van der Waals surface area contributed by atoms with Crippen LogP contribution in [0.25, 0.3) is 0 Å². The number of aliphatic carboxylic acids is 1. The number of carbonyl (C=O) groups excluding carboxylic acids is 1. The van der Waals surface area contributed by atoms with Crippen LogP contribution in [-0.4, -0.2) is 30.1 Å². The van der Waals surface area contributed by atoms with Gasteiger partial charge in [-0.25, -0.2) is 4.79 Å². The molecule has 0 aromatic rings. The van der Waals surface area contributed by atoms with Crippen molar-refractivity contribution in [2.75, 3.05) is 7.11 Å². The van der Waals surface area contributed by atoms with Crippen molar-refractivity contribution >= 4 is 11.8 Å². The monoisotopic (exact) mass is 186 g/mol. The van der Waals surface area contributed by atoms with Gasteiger partial charge in [-0.05, 0) is 25.7 Å². The van der Waals surface area contributed by atoms with E-state index in [1.807, 2.05) is 0 Å². The molecule has 1 N–H and O–H groups in total.